The summed E-state index contributed by atoms with van der Waals surface area (Å²) >= 11 is 0. The minimum atomic E-state index is -0.515. The molecule has 144 valence electrons. The molecule has 0 radical (unpaired) electrons. The molecule has 1 aliphatic rings. The van der Waals surface area contributed by atoms with Crippen LogP contribution in [-0.4, -0.2) is 47.1 Å². The van der Waals surface area contributed by atoms with Gasteiger partial charge >= 0.3 is 6.09 Å². The SMILES string of the molecule is CC(C)(C)OC(=O)NCC1CCCN(C(=O)c2nccc3ccccc23)C1. The average molecular weight is 369 g/mol. The molecule has 1 N–H and O–H groups in total. The molecule has 0 aliphatic carbocycles. The van der Waals surface area contributed by atoms with Crippen molar-refractivity contribution in [3.05, 3.63) is 42.2 Å². The first-order valence-corrected chi connectivity index (χ1v) is 9.43. The Labute approximate surface area is 159 Å². The van der Waals surface area contributed by atoms with Crippen LogP contribution in [-0.2, 0) is 4.74 Å². The van der Waals surface area contributed by atoms with Crippen LogP contribution in [0.1, 0.15) is 44.1 Å². The van der Waals surface area contributed by atoms with Gasteiger partial charge in [-0.1, -0.05) is 24.3 Å². The van der Waals surface area contributed by atoms with Crippen LogP contribution in [0.25, 0.3) is 10.8 Å². The van der Waals surface area contributed by atoms with Gasteiger partial charge in [-0.25, -0.2) is 4.79 Å². The highest BCUT2D eigenvalue weighted by molar-refractivity contribution is 6.05. The second-order valence-corrected chi connectivity index (χ2v) is 8.02. The fourth-order valence-corrected chi connectivity index (χ4v) is 3.40. The first-order valence-electron chi connectivity index (χ1n) is 9.43. The van der Waals surface area contributed by atoms with Crippen LogP contribution in [0.3, 0.4) is 0 Å². The number of hydrogen-bond acceptors (Lipinski definition) is 4. The van der Waals surface area contributed by atoms with Crippen LogP contribution >= 0.6 is 0 Å². The number of pyridine rings is 1. The number of alkyl carbamates (subject to hydrolysis) is 1. The monoisotopic (exact) mass is 369 g/mol. The fraction of sp³-hybridized carbons (Fsp3) is 0.476. The van der Waals surface area contributed by atoms with E-state index in [1.54, 1.807) is 6.20 Å². The number of hydrogen-bond donors (Lipinski definition) is 1. The van der Waals surface area contributed by atoms with E-state index in [4.69, 9.17) is 4.74 Å². The molecule has 0 bridgehead atoms. The molecule has 1 unspecified atom stereocenters. The molecule has 27 heavy (non-hydrogen) atoms. The summed E-state index contributed by atoms with van der Waals surface area (Å²) in [5.74, 6) is 0.166. The van der Waals surface area contributed by atoms with Crippen molar-refractivity contribution in [1.82, 2.24) is 15.2 Å². The van der Waals surface area contributed by atoms with Crippen molar-refractivity contribution in [3.63, 3.8) is 0 Å². The molecule has 1 aromatic carbocycles. The minimum Gasteiger partial charge on any atom is -0.444 e. The number of fused-ring (bicyclic) bond motifs is 1. The van der Waals surface area contributed by atoms with Crippen molar-refractivity contribution in [3.8, 4) is 0 Å². The number of rotatable bonds is 3. The van der Waals surface area contributed by atoms with Crippen molar-refractivity contribution in [2.24, 2.45) is 5.92 Å². The number of amides is 2. The van der Waals surface area contributed by atoms with Gasteiger partial charge < -0.3 is 15.0 Å². The number of benzene rings is 1. The van der Waals surface area contributed by atoms with Crippen molar-refractivity contribution in [1.29, 1.82) is 0 Å². The van der Waals surface area contributed by atoms with Gasteiger partial charge in [0, 0.05) is 31.2 Å². The summed E-state index contributed by atoms with van der Waals surface area (Å²) < 4.78 is 5.28. The molecule has 0 spiro atoms. The quantitative estimate of drug-likeness (QED) is 0.897. The van der Waals surface area contributed by atoms with E-state index in [9.17, 15) is 9.59 Å². The number of aromatic nitrogens is 1. The lowest BCUT2D eigenvalue weighted by molar-refractivity contribution is 0.0502. The van der Waals surface area contributed by atoms with Gasteiger partial charge in [-0.05, 0) is 51.0 Å². The third-order valence-electron chi connectivity index (χ3n) is 4.62. The van der Waals surface area contributed by atoms with E-state index in [1.807, 2.05) is 56.0 Å². The molecule has 1 fully saturated rings. The van der Waals surface area contributed by atoms with E-state index in [-0.39, 0.29) is 11.8 Å². The molecule has 6 nitrogen and oxygen atoms in total. The van der Waals surface area contributed by atoms with Crippen LogP contribution in [0.5, 0.6) is 0 Å². The van der Waals surface area contributed by atoms with Crippen LogP contribution in [0.2, 0.25) is 0 Å². The summed E-state index contributed by atoms with van der Waals surface area (Å²) in [6, 6.07) is 9.70. The van der Waals surface area contributed by atoms with Gasteiger partial charge in [-0.2, -0.15) is 0 Å². The van der Waals surface area contributed by atoms with E-state index in [0.717, 1.165) is 23.6 Å². The second kappa shape index (κ2) is 7.94. The maximum Gasteiger partial charge on any atom is 0.407 e. The largest absolute Gasteiger partial charge is 0.444 e. The summed E-state index contributed by atoms with van der Waals surface area (Å²) in [7, 11) is 0. The van der Waals surface area contributed by atoms with Crippen LogP contribution < -0.4 is 5.32 Å². The minimum absolute atomic E-state index is 0.0474. The lowest BCUT2D eigenvalue weighted by Gasteiger charge is -2.33. The number of nitrogens with one attached hydrogen (secondary N) is 1. The topological polar surface area (TPSA) is 71.5 Å². The molecule has 2 heterocycles. The lowest BCUT2D eigenvalue weighted by atomic mass is 9.97. The second-order valence-electron chi connectivity index (χ2n) is 8.02. The zero-order chi connectivity index (χ0) is 19.4. The highest BCUT2D eigenvalue weighted by Gasteiger charge is 2.27. The number of nitrogens with zero attached hydrogens (tertiary/aromatic N) is 2. The molecule has 6 heteroatoms. The fourth-order valence-electron chi connectivity index (χ4n) is 3.40. The van der Waals surface area contributed by atoms with E-state index in [1.165, 1.54) is 0 Å². The van der Waals surface area contributed by atoms with Crippen molar-refractivity contribution in [2.45, 2.75) is 39.2 Å². The number of ether oxygens (including phenoxy) is 1. The Kier molecular flexibility index (Phi) is 5.63. The van der Waals surface area contributed by atoms with E-state index >= 15 is 0 Å². The molecule has 0 saturated carbocycles. The summed E-state index contributed by atoms with van der Waals surface area (Å²) in [4.78, 5) is 31.1. The first kappa shape index (κ1) is 19.1. The third kappa shape index (κ3) is 4.96. The Morgan fingerprint density at radius 2 is 2.04 bits per heavy atom. The number of likely N-dealkylation sites (tertiary alicyclic amines) is 1. The Hall–Kier alpha value is -2.63. The highest BCUT2D eigenvalue weighted by Crippen LogP contribution is 2.22. The molecule has 2 aromatic rings. The standard InChI is InChI=1S/C21H27N3O3/c1-21(2,3)27-20(26)23-13-15-7-6-12-24(14-15)19(25)18-17-9-5-4-8-16(17)10-11-22-18/h4-5,8-11,15H,6-7,12-14H2,1-3H3,(H,23,26). The summed E-state index contributed by atoms with van der Waals surface area (Å²) in [6.45, 7) is 7.34. The van der Waals surface area contributed by atoms with Crippen LogP contribution in [0.15, 0.2) is 36.5 Å². The number of piperidine rings is 1. The molecular formula is C21H27N3O3. The van der Waals surface area contributed by atoms with Gasteiger partial charge in [0.2, 0.25) is 0 Å². The Balaban J connectivity index is 1.64. The Bertz CT molecular complexity index is 824. The summed E-state index contributed by atoms with van der Waals surface area (Å²) in [5.41, 5.74) is -0.0209. The lowest BCUT2D eigenvalue weighted by Crippen LogP contribution is -2.44. The number of carbonyl (C=O) groups is 2. The van der Waals surface area contributed by atoms with E-state index in [2.05, 4.69) is 10.3 Å². The zero-order valence-electron chi connectivity index (χ0n) is 16.2. The predicted octanol–water partition coefficient (Wildman–Crippen LogP) is 3.61. The summed E-state index contributed by atoms with van der Waals surface area (Å²) in [5, 5.41) is 4.71. The zero-order valence-corrected chi connectivity index (χ0v) is 16.2. The first-order chi connectivity index (χ1) is 12.8. The molecule has 3 rings (SSSR count). The maximum atomic E-state index is 13.0. The van der Waals surface area contributed by atoms with Crippen molar-refractivity contribution < 1.29 is 14.3 Å². The van der Waals surface area contributed by atoms with Crippen LogP contribution in [0.4, 0.5) is 4.79 Å². The van der Waals surface area contributed by atoms with Gasteiger partial charge in [0.1, 0.15) is 11.3 Å². The van der Waals surface area contributed by atoms with Gasteiger partial charge in [-0.15, -0.1) is 0 Å². The molecule has 1 aliphatic heterocycles. The average Bonchev–Trinajstić information content (AvgIpc) is 2.64. The molecule has 2 amide bonds. The van der Waals surface area contributed by atoms with Crippen molar-refractivity contribution in [2.75, 3.05) is 19.6 Å². The van der Waals surface area contributed by atoms with E-state index < -0.39 is 11.7 Å². The Morgan fingerprint density at radius 3 is 2.81 bits per heavy atom. The van der Waals surface area contributed by atoms with Gasteiger partial charge in [-0.3, -0.25) is 9.78 Å². The molecule has 1 atom stereocenters. The predicted molar refractivity (Wildman–Crippen MR) is 105 cm³/mol. The number of carbonyl (C=O) groups excluding carboxylic acids is 2. The normalized spacial score (nSPS) is 17.6. The smallest absolute Gasteiger partial charge is 0.407 e. The van der Waals surface area contributed by atoms with Crippen molar-refractivity contribution >= 4 is 22.8 Å². The summed E-state index contributed by atoms with van der Waals surface area (Å²) in [6.07, 6.45) is 3.16. The van der Waals surface area contributed by atoms with Gasteiger partial charge in [0.25, 0.3) is 5.91 Å². The highest BCUT2D eigenvalue weighted by atomic mass is 16.6. The molecule has 1 saturated heterocycles. The van der Waals surface area contributed by atoms with Crippen LogP contribution in [0, 0.1) is 5.92 Å². The molecular weight excluding hydrogens is 342 g/mol. The maximum absolute atomic E-state index is 13.0. The third-order valence-corrected chi connectivity index (χ3v) is 4.62. The molecule has 1 aromatic heterocycles. The van der Waals surface area contributed by atoms with Gasteiger partial charge in [0.05, 0.1) is 0 Å². The van der Waals surface area contributed by atoms with Gasteiger partial charge in [0.15, 0.2) is 0 Å². The Morgan fingerprint density at radius 1 is 1.26 bits per heavy atom. The van der Waals surface area contributed by atoms with E-state index in [0.29, 0.717) is 25.3 Å².